The van der Waals surface area contributed by atoms with Gasteiger partial charge < -0.3 is 10.0 Å². The summed E-state index contributed by atoms with van der Waals surface area (Å²) in [6.07, 6.45) is 2.86. The van der Waals surface area contributed by atoms with Crippen LogP contribution in [-0.2, 0) is 0 Å². The molecule has 1 aromatic rings. The Hall–Kier alpha value is -1.49. The third-order valence-electron chi connectivity index (χ3n) is 1.61. The molecule has 0 aliphatic carbocycles. The van der Waals surface area contributed by atoms with Crippen LogP contribution >= 0.6 is 0 Å². The standard InChI is InChI=1S/C8H11N3O2/c1-11(4-5-12)8(13)7-2-3-9-10-6-7/h2-3,6,12H,4-5H2,1H3. The van der Waals surface area contributed by atoms with Crippen molar-refractivity contribution in [1.29, 1.82) is 0 Å². The van der Waals surface area contributed by atoms with E-state index in [-0.39, 0.29) is 12.5 Å². The van der Waals surface area contributed by atoms with E-state index in [0.717, 1.165) is 0 Å². The summed E-state index contributed by atoms with van der Waals surface area (Å²) in [6.45, 7) is 0.280. The Bertz CT molecular complexity index is 276. The lowest BCUT2D eigenvalue weighted by atomic mass is 10.3. The Morgan fingerprint density at radius 3 is 2.92 bits per heavy atom. The number of carbonyl (C=O) groups excluding carboxylic acids is 1. The molecule has 1 heterocycles. The van der Waals surface area contributed by atoms with Crippen molar-refractivity contribution in [3.63, 3.8) is 0 Å². The number of aromatic nitrogens is 2. The van der Waals surface area contributed by atoms with Gasteiger partial charge in [0.15, 0.2) is 0 Å². The molecule has 1 N–H and O–H groups in total. The van der Waals surface area contributed by atoms with Crippen molar-refractivity contribution in [3.8, 4) is 0 Å². The van der Waals surface area contributed by atoms with Gasteiger partial charge in [-0.05, 0) is 6.07 Å². The summed E-state index contributed by atoms with van der Waals surface area (Å²) >= 11 is 0. The van der Waals surface area contributed by atoms with E-state index in [4.69, 9.17) is 5.11 Å². The van der Waals surface area contributed by atoms with Gasteiger partial charge in [0.1, 0.15) is 0 Å². The highest BCUT2D eigenvalue weighted by Crippen LogP contribution is 1.98. The van der Waals surface area contributed by atoms with Gasteiger partial charge in [0.25, 0.3) is 5.91 Å². The van der Waals surface area contributed by atoms with Crippen LogP contribution in [0.1, 0.15) is 10.4 Å². The van der Waals surface area contributed by atoms with Crippen molar-refractivity contribution in [2.24, 2.45) is 0 Å². The fraction of sp³-hybridized carbons (Fsp3) is 0.375. The second-order valence-electron chi connectivity index (χ2n) is 2.58. The lowest BCUT2D eigenvalue weighted by Crippen LogP contribution is -2.29. The summed E-state index contributed by atoms with van der Waals surface area (Å²) in [5, 5.41) is 15.8. The number of nitrogens with zero attached hydrogens (tertiary/aromatic N) is 3. The number of likely N-dealkylation sites (N-methyl/N-ethyl adjacent to an activating group) is 1. The van der Waals surface area contributed by atoms with Crippen molar-refractivity contribution in [2.75, 3.05) is 20.2 Å². The molecule has 0 aliphatic rings. The van der Waals surface area contributed by atoms with Gasteiger partial charge in [0.05, 0.1) is 24.6 Å². The number of carbonyl (C=O) groups is 1. The molecule has 0 aliphatic heterocycles. The molecule has 0 atom stereocenters. The number of amides is 1. The molecule has 0 saturated heterocycles. The van der Waals surface area contributed by atoms with Gasteiger partial charge in [0.2, 0.25) is 0 Å². The summed E-state index contributed by atoms with van der Waals surface area (Å²) in [7, 11) is 1.62. The molecule has 1 rings (SSSR count). The molecule has 0 spiro atoms. The summed E-state index contributed by atoms with van der Waals surface area (Å²) in [5.41, 5.74) is 0.478. The Labute approximate surface area is 76.0 Å². The highest BCUT2D eigenvalue weighted by atomic mass is 16.3. The average molecular weight is 181 g/mol. The Balaban J connectivity index is 2.68. The predicted molar refractivity (Wildman–Crippen MR) is 46.1 cm³/mol. The van der Waals surface area contributed by atoms with E-state index in [9.17, 15) is 4.79 Å². The minimum Gasteiger partial charge on any atom is -0.395 e. The first kappa shape index (κ1) is 9.60. The number of hydrogen-bond donors (Lipinski definition) is 1. The van der Waals surface area contributed by atoms with E-state index in [1.807, 2.05) is 0 Å². The molecular formula is C8H11N3O2. The molecular weight excluding hydrogens is 170 g/mol. The maximum Gasteiger partial charge on any atom is 0.255 e. The normalized spacial score (nSPS) is 9.69. The van der Waals surface area contributed by atoms with Gasteiger partial charge >= 0.3 is 0 Å². The van der Waals surface area contributed by atoms with Crippen LogP contribution in [0, 0.1) is 0 Å². The van der Waals surface area contributed by atoms with Crippen molar-refractivity contribution in [2.45, 2.75) is 0 Å². The van der Waals surface area contributed by atoms with Crippen LogP contribution in [0.3, 0.4) is 0 Å². The zero-order valence-electron chi connectivity index (χ0n) is 7.34. The van der Waals surface area contributed by atoms with Gasteiger partial charge in [0, 0.05) is 13.6 Å². The smallest absolute Gasteiger partial charge is 0.255 e. The molecule has 0 saturated carbocycles. The maximum atomic E-state index is 11.5. The third-order valence-corrected chi connectivity index (χ3v) is 1.61. The summed E-state index contributed by atoms with van der Waals surface area (Å²) in [5.74, 6) is -0.163. The monoisotopic (exact) mass is 181 g/mol. The lowest BCUT2D eigenvalue weighted by molar-refractivity contribution is 0.0766. The van der Waals surface area contributed by atoms with E-state index in [0.29, 0.717) is 12.1 Å². The first-order chi connectivity index (χ1) is 6.25. The highest BCUT2D eigenvalue weighted by molar-refractivity contribution is 5.93. The van der Waals surface area contributed by atoms with Crippen LogP contribution < -0.4 is 0 Å². The fourth-order valence-corrected chi connectivity index (χ4v) is 0.889. The zero-order valence-corrected chi connectivity index (χ0v) is 7.34. The van der Waals surface area contributed by atoms with Crippen LogP contribution in [0.25, 0.3) is 0 Å². The van der Waals surface area contributed by atoms with Crippen molar-refractivity contribution in [1.82, 2.24) is 15.1 Å². The fourth-order valence-electron chi connectivity index (χ4n) is 0.889. The van der Waals surface area contributed by atoms with E-state index in [1.165, 1.54) is 17.3 Å². The quantitative estimate of drug-likeness (QED) is 0.685. The Kier molecular flexibility index (Phi) is 3.33. The number of rotatable bonds is 3. The van der Waals surface area contributed by atoms with E-state index in [2.05, 4.69) is 10.2 Å². The average Bonchev–Trinajstić information content (AvgIpc) is 2.18. The van der Waals surface area contributed by atoms with Gasteiger partial charge in [-0.1, -0.05) is 0 Å². The topological polar surface area (TPSA) is 66.3 Å². The van der Waals surface area contributed by atoms with E-state index >= 15 is 0 Å². The Morgan fingerprint density at radius 1 is 1.62 bits per heavy atom. The molecule has 70 valence electrons. The van der Waals surface area contributed by atoms with Crippen LogP contribution in [0.15, 0.2) is 18.5 Å². The van der Waals surface area contributed by atoms with Crippen LogP contribution in [0.4, 0.5) is 0 Å². The minimum absolute atomic E-state index is 0.0409. The third kappa shape index (κ3) is 2.48. The largest absolute Gasteiger partial charge is 0.395 e. The van der Waals surface area contributed by atoms with Crippen molar-refractivity contribution >= 4 is 5.91 Å². The predicted octanol–water partition coefficient (Wildman–Crippen LogP) is -0.459. The molecule has 1 aromatic heterocycles. The van der Waals surface area contributed by atoms with Crippen molar-refractivity contribution in [3.05, 3.63) is 24.0 Å². The molecule has 5 nitrogen and oxygen atoms in total. The van der Waals surface area contributed by atoms with Gasteiger partial charge in [-0.15, -0.1) is 0 Å². The Morgan fingerprint density at radius 2 is 2.38 bits per heavy atom. The van der Waals surface area contributed by atoms with Gasteiger partial charge in [-0.25, -0.2) is 0 Å². The summed E-state index contributed by atoms with van der Waals surface area (Å²) < 4.78 is 0. The molecule has 0 aromatic carbocycles. The first-order valence-electron chi connectivity index (χ1n) is 3.88. The van der Waals surface area contributed by atoms with Crippen LogP contribution in [-0.4, -0.2) is 46.3 Å². The molecule has 0 fully saturated rings. The lowest BCUT2D eigenvalue weighted by Gasteiger charge is -2.14. The van der Waals surface area contributed by atoms with Gasteiger partial charge in [-0.2, -0.15) is 10.2 Å². The van der Waals surface area contributed by atoms with E-state index < -0.39 is 0 Å². The number of hydrogen-bond acceptors (Lipinski definition) is 4. The van der Waals surface area contributed by atoms with Crippen molar-refractivity contribution < 1.29 is 9.90 Å². The molecule has 13 heavy (non-hydrogen) atoms. The molecule has 0 unspecified atom stereocenters. The molecule has 0 bridgehead atoms. The second-order valence-corrected chi connectivity index (χ2v) is 2.58. The minimum atomic E-state index is -0.163. The highest BCUT2D eigenvalue weighted by Gasteiger charge is 2.10. The van der Waals surface area contributed by atoms with Crippen LogP contribution in [0.5, 0.6) is 0 Å². The molecule has 0 radical (unpaired) electrons. The number of aliphatic hydroxyl groups excluding tert-OH is 1. The van der Waals surface area contributed by atoms with Crippen LogP contribution in [0.2, 0.25) is 0 Å². The molecule has 1 amide bonds. The SMILES string of the molecule is CN(CCO)C(=O)c1ccnnc1. The zero-order chi connectivity index (χ0) is 9.68. The maximum absolute atomic E-state index is 11.5. The summed E-state index contributed by atoms with van der Waals surface area (Å²) in [6, 6.07) is 1.59. The number of aliphatic hydroxyl groups is 1. The van der Waals surface area contributed by atoms with E-state index in [1.54, 1.807) is 13.1 Å². The van der Waals surface area contributed by atoms with Gasteiger partial charge in [-0.3, -0.25) is 4.79 Å². The second kappa shape index (κ2) is 4.51. The molecule has 5 heteroatoms. The summed E-state index contributed by atoms with van der Waals surface area (Å²) in [4.78, 5) is 12.9. The first-order valence-corrected chi connectivity index (χ1v) is 3.88.